The summed E-state index contributed by atoms with van der Waals surface area (Å²) >= 11 is 0. The van der Waals surface area contributed by atoms with Gasteiger partial charge in [0.1, 0.15) is 0 Å². The van der Waals surface area contributed by atoms with E-state index < -0.39 is 10.0 Å². The molecule has 0 bridgehead atoms. The lowest BCUT2D eigenvalue weighted by molar-refractivity contribution is 0.102. The first-order valence-corrected chi connectivity index (χ1v) is 9.95. The largest absolute Gasteiger partial charge is 0.493 e. The number of benzene rings is 2. The summed E-state index contributed by atoms with van der Waals surface area (Å²) in [6, 6.07) is 11.0. The molecule has 0 radical (unpaired) electrons. The van der Waals surface area contributed by atoms with Crippen molar-refractivity contribution in [1.82, 2.24) is 4.31 Å². The van der Waals surface area contributed by atoms with E-state index in [-0.39, 0.29) is 10.8 Å². The second-order valence-corrected chi connectivity index (χ2v) is 7.58. The van der Waals surface area contributed by atoms with Gasteiger partial charge in [-0.2, -0.15) is 4.31 Å². The van der Waals surface area contributed by atoms with Crippen molar-refractivity contribution in [3.8, 4) is 11.5 Å². The van der Waals surface area contributed by atoms with Gasteiger partial charge in [-0.15, -0.1) is 0 Å². The summed E-state index contributed by atoms with van der Waals surface area (Å²) in [6.07, 6.45) is 0. The summed E-state index contributed by atoms with van der Waals surface area (Å²) in [5.74, 6) is 0.567. The maximum Gasteiger partial charge on any atom is 0.255 e. The van der Waals surface area contributed by atoms with Crippen LogP contribution in [0.15, 0.2) is 47.4 Å². The molecule has 0 unspecified atom stereocenters. The third-order valence-electron chi connectivity index (χ3n) is 4.08. The molecule has 0 aliphatic heterocycles. The molecule has 2 aromatic carbocycles. The highest BCUT2D eigenvalue weighted by molar-refractivity contribution is 7.89. The number of nitrogens with zero attached hydrogens (tertiary/aromatic N) is 1. The lowest BCUT2D eigenvalue weighted by atomic mass is 10.2. The molecular formula is C19H24N2O5S. The first-order valence-electron chi connectivity index (χ1n) is 8.50. The molecule has 8 heteroatoms. The molecule has 0 spiro atoms. The van der Waals surface area contributed by atoms with E-state index in [1.165, 1.54) is 30.7 Å². The van der Waals surface area contributed by atoms with Gasteiger partial charge in [-0.25, -0.2) is 8.42 Å². The van der Waals surface area contributed by atoms with E-state index in [1.54, 1.807) is 44.2 Å². The van der Waals surface area contributed by atoms with Gasteiger partial charge in [0, 0.05) is 24.3 Å². The van der Waals surface area contributed by atoms with Crippen molar-refractivity contribution >= 4 is 21.6 Å². The minimum atomic E-state index is -3.60. The summed E-state index contributed by atoms with van der Waals surface area (Å²) in [5, 5.41) is 2.72. The van der Waals surface area contributed by atoms with E-state index in [2.05, 4.69) is 5.32 Å². The normalized spacial score (nSPS) is 11.3. The van der Waals surface area contributed by atoms with Crippen LogP contribution in [0.5, 0.6) is 11.5 Å². The fourth-order valence-corrected chi connectivity index (χ4v) is 4.13. The van der Waals surface area contributed by atoms with Crippen LogP contribution in [-0.4, -0.2) is 45.9 Å². The Labute approximate surface area is 160 Å². The Morgan fingerprint density at radius 1 is 1.00 bits per heavy atom. The van der Waals surface area contributed by atoms with Gasteiger partial charge < -0.3 is 14.8 Å². The Bertz CT molecular complexity index is 908. The third kappa shape index (κ3) is 4.58. The number of hydrogen-bond acceptors (Lipinski definition) is 5. The second kappa shape index (κ2) is 8.88. The Kier molecular flexibility index (Phi) is 6.81. The fourth-order valence-electron chi connectivity index (χ4n) is 2.63. The van der Waals surface area contributed by atoms with Crippen LogP contribution >= 0.6 is 0 Å². The lowest BCUT2D eigenvalue weighted by Gasteiger charge is -2.19. The van der Waals surface area contributed by atoms with E-state index in [9.17, 15) is 13.2 Å². The maximum absolute atomic E-state index is 12.6. The van der Waals surface area contributed by atoms with Crippen molar-refractivity contribution in [2.24, 2.45) is 0 Å². The van der Waals surface area contributed by atoms with Gasteiger partial charge in [0.25, 0.3) is 5.91 Å². The highest BCUT2D eigenvalue weighted by atomic mass is 32.2. The van der Waals surface area contributed by atoms with Crippen LogP contribution in [-0.2, 0) is 10.0 Å². The summed E-state index contributed by atoms with van der Waals surface area (Å²) in [7, 11) is -0.598. The van der Waals surface area contributed by atoms with Crippen molar-refractivity contribution in [3.05, 3.63) is 48.0 Å². The molecule has 0 heterocycles. The zero-order valence-electron chi connectivity index (χ0n) is 15.9. The Balaban J connectivity index is 2.27. The monoisotopic (exact) mass is 392 g/mol. The standard InChI is InChI=1S/C19H24N2O5S/c1-5-21(6-2)27(23,24)16-9-7-8-15(13-16)20-19(22)14-10-11-17(25-3)18(12-14)26-4/h7-13H,5-6H2,1-4H3,(H,20,22). The van der Waals surface area contributed by atoms with Crippen molar-refractivity contribution in [3.63, 3.8) is 0 Å². The molecule has 0 aliphatic carbocycles. The Morgan fingerprint density at radius 2 is 1.67 bits per heavy atom. The van der Waals surface area contributed by atoms with Gasteiger partial charge in [0.05, 0.1) is 19.1 Å². The first kappa shape index (κ1) is 20.7. The number of methoxy groups -OCH3 is 2. The van der Waals surface area contributed by atoms with Crippen molar-refractivity contribution in [1.29, 1.82) is 0 Å². The molecule has 0 saturated heterocycles. The maximum atomic E-state index is 12.6. The summed E-state index contributed by atoms with van der Waals surface area (Å²) in [5.41, 5.74) is 0.757. The number of carbonyl (C=O) groups is 1. The molecule has 2 rings (SSSR count). The van der Waals surface area contributed by atoms with Crippen LogP contribution in [0.4, 0.5) is 5.69 Å². The van der Waals surface area contributed by atoms with Crippen LogP contribution in [0.25, 0.3) is 0 Å². The van der Waals surface area contributed by atoms with Crippen molar-refractivity contribution in [2.75, 3.05) is 32.6 Å². The smallest absolute Gasteiger partial charge is 0.255 e. The molecule has 7 nitrogen and oxygen atoms in total. The minimum Gasteiger partial charge on any atom is -0.493 e. The number of amides is 1. The van der Waals surface area contributed by atoms with Crippen LogP contribution in [0.2, 0.25) is 0 Å². The molecule has 27 heavy (non-hydrogen) atoms. The van der Waals surface area contributed by atoms with Crippen LogP contribution in [0.3, 0.4) is 0 Å². The van der Waals surface area contributed by atoms with E-state index in [4.69, 9.17) is 9.47 Å². The number of hydrogen-bond donors (Lipinski definition) is 1. The number of carbonyl (C=O) groups excluding carboxylic acids is 1. The zero-order chi connectivity index (χ0) is 20.0. The molecule has 0 fully saturated rings. The van der Waals surface area contributed by atoms with Crippen LogP contribution < -0.4 is 14.8 Å². The van der Waals surface area contributed by atoms with Crippen molar-refractivity contribution < 1.29 is 22.7 Å². The molecule has 1 N–H and O–H groups in total. The zero-order valence-corrected chi connectivity index (χ0v) is 16.7. The first-order chi connectivity index (χ1) is 12.9. The van der Waals surface area contributed by atoms with Crippen LogP contribution in [0, 0.1) is 0 Å². The van der Waals surface area contributed by atoms with Crippen molar-refractivity contribution in [2.45, 2.75) is 18.7 Å². The SMILES string of the molecule is CCN(CC)S(=O)(=O)c1cccc(NC(=O)c2ccc(OC)c(OC)c2)c1. The molecule has 0 aliphatic rings. The van der Waals surface area contributed by atoms with Gasteiger partial charge in [-0.05, 0) is 36.4 Å². The van der Waals surface area contributed by atoms with Gasteiger partial charge >= 0.3 is 0 Å². The molecule has 0 atom stereocenters. The molecule has 0 aromatic heterocycles. The molecule has 2 aromatic rings. The van der Waals surface area contributed by atoms with Gasteiger partial charge in [-0.1, -0.05) is 19.9 Å². The lowest BCUT2D eigenvalue weighted by Crippen LogP contribution is -2.30. The predicted molar refractivity (Wildman–Crippen MR) is 104 cm³/mol. The number of ether oxygens (including phenoxy) is 2. The predicted octanol–water partition coefficient (Wildman–Crippen LogP) is 2.99. The minimum absolute atomic E-state index is 0.135. The average Bonchev–Trinajstić information content (AvgIpc) is 2.68. The molecule has 0 saturated carbocycles. The third-order valence-corrected chi connectivity index (χ3v) is 6.13. The number of rotatable bonds is 8. The highest BCUT2D eigenvalue weighted by Crippen LogP contribution is 2.28. The number of sulfonamides is 1. The van der Waals surface area contributed by atoms with Gasteiger partial charge in [-0.3, -0.25) is 4.79 Å². The quantitative estimate of drug-likeness (QED) is 0.746. The Morgan fingerprint density at radius 3 is 2.26 bits per heavy atom. The van der Waals surface area contributed by atoms with Gasteiger partial charge in [0.2, 0.25) is 10.0 Å². The molecular weight excluding hydrogens is 368 g/mol. The van der Waals surface area contributed by atoms with E-state index >= 15 is 0 Å². The highest BCUT2D eigenvalue weighted by Gasteiger charge is 2.22. The van der Waals surface area contributed by atoms with E-state index in [1.807, 2.05) is 0 Å². The summed E-state index contributed by atoms with van der Waals surface area (Å²) < 4.78 is 37.0. The Hall–Kier alpha value is -2.58. The summed E-state index contributed by atoms with van der Waals surface area (Å²) in [6.45, 7) is 4.32. The molecule has 146 valence electrons. The fraction of sp³-hybridized carbons (Fsp3) is 0.316. The van der Waals surface area contributed by atoms with Gasteiger partial charge in [0.15, 0.2) is 11.5 Å². The molecule has 1 amide bonds. The second-order valence-electron chi connectivity index (χ2n) is 5.64. The van der Waals surface area contributed by atoms with Crippen LogP contribution in [0.1, 0.15) is 24.2 Å². The number of nitrogens with one attached hydrogen (secondary N) is 1. The summed E-state index contributed by atoms with van der Waals surface area (Å²) in [4.78, 5) is 12.7. The average molecular weight is 392 g/mol. The topological polar surface area (TPSA) is 84.9 Å². The number of anilines is 1. The van der Waals surface area contributed by atoms with E-state index in [0.717, 1.165) is 0 Å². The van der Waals surface area contributed by atoms with E-state index in [0.29, 0.717) is 35.8 Å².